The van der Waals surface area contributed by atoms with Crippen LogP contribution in [-0.2, 0) is 21.1 Å². The Labute approximate surface area is 280 Å². The molecule has 0 amide bonds. The van der Waals surface area contributed by atoms with Crippen molar-refractivity contribution in [3.8, 4) is 28.4 Å². The molecule has 0 fully saturated rings. The number of anilines is 3. The van der Waals surface area contributed by atoms with Gasteiger partial charge in [0.25, 0.3) is 0 Å². The van der Waals surface area contributed by atoms with Gasteiger partial charge in [-0.15, -0.1) is 41.4 Å². The average molecular weight is 777 g/mol. The maximum Gasteiger partial charge on any atom is 0.139 e. The third-order valence-electron chi connectivity index (χ3n) is 8.35. The molecule has 46 heavy (non-hydrogen) atoms. The van der Waals surface area contributed by atoms with Crippen LogP contribution >= 0.6 is 0 Å². The van der Waals surface area contributed by atoms with E-state index < -0.39 is 0 Å². The number of para-hydroxylation sites is 2. The fourth-order valence-corrected chi connectivity index (χ4v) is 6.21. The van der Waals surface area contributed by atoms with Gasteiger partial charge in [0.15, 0.2) is 0 Å². The SMILES string of the molecule is CN1[CH-]N(c2[c-]c(Oc3[c-]c4c(cc3)c3cc(-c5ccccc5)ccc3n4-c3cc4occc4cn3)ccc2)c2ccccc21.[Pt]. The summed E-state index contributed by atoms with van der Waals surface area (Å²) < 4.78 is 14.3. The normalized spacial score (nSPS) is 12.5. The van der Waals surface area contributed by atoms with E-state index in [4.69, 9.17) is 14.1 Å². The molecule has 0 atom stereocenters. The number of furan rings is 1. The number of rotatable bonds is 5. The van der Waals surface area contributed by atoms with E-state index >= 15 is 0 Å². The fraction of sp³-hybridized carbons (Fsp3) is 0.0256. The van der Waals surface area contributed by atoms with Crippen molar-refractivity contribution in [3.63, 3.8) is 0 Å². The van der Waals surface area contributed by atoms with Crippen LogP contribution in [0.3, 0.4) is 0 Å². The molecule has 1 aliphatic heterocycles. The van der Waals surface area contributed by atoms with Crippen LogP contribution in [0.15, 0.2) is 132 Å². The summed E-state index contributed by atoms with van der Waals surface area (Å²) >= 11 is 0. The van der Waals surface area contributed by atoms with Gasteiger partial charge < -0.3 is 23.5 Å². The zero-order valence-corrected chi connectivity index (χ0v) is 26.9. The molecule has 4 heterocycles. The predicted molar refractivity (Wildman–Crippen MR) is 179 cm³/mol. The van der Waals surface area contributed by atoms with Crippen molar-refractivity contribution in [1.82, 2.24) is 9.55 Å². The molecule has 0 N–H and O–H groups in total. The van der Waals surface area contributed by atoms with Crippen molar-refractivity contribution in [3.05, 3.63) is 147 Å². The second-order valence-corrected chi connectivity index (χ2v) is 11.1. The van der Waals surface area contributed by atoms with Crippen LogP contribution in [-0.4, -0.2) is 16.6 Å². The molecule has 0 radical (unpaired) electrons. The summed E-state index contributed by atoms with van der Waals surface area (Å²) in [6, 6.07) is 46.2. The standard InChI is InChI=1S/C39H25N4O2.Pt/c1-41-25-42(36-13-6-5-12-35(36)41)29-10-7-11-30(21-29)45-31-15-16-32-33-20-27(26-8-3-2-4-9-26)14-17-34(33)43(37(32)22-31)39-23-38-28(24-40-39)18-19-44-38;/h2-20,23-25H,1H3;/q-3;. The molecule has 6 nitrogen and oxygen atoms in total. The van der Waals surface area contributed by atoms with Crippen molar-refractivity contribution < 1.29 is 30.2 Å². The fourth-order valence-electron chi connectivity index (χ4n) is 6.21. The van der Waals surface area contributed by atoms with Crippen LogP contribution in [0.25, 0.3) is 49.7 Å². The predicted octanol–water partition coefficient (Wildman–Crippen LogP) is 9.69. The Morgan fingerprint density at radius 2 is 1.57 bits per heavy atom. The third kappa shape index (κ3) is 4.65. The summed E-state index contributed by atoms with van der Waals surface area (Å²) in [7, 11) is 2.05. The van der Waals surface area contributed by atoms with Crippen molar-refractivity contribution in [2.24, 2.45) is 0 Å². The molecule has 0 spiro atoms. The molecule has 8 aromatic rings. The first-order valence-electron chi connectivity index (χ1n) is 14.8. The van der Waals surface area contributed by atoms with Gasteiger partial charge in [-0.3, -0.25) is 0 Å². The van der Waals surface area contributed by atoms with E-state index in [0.717, 1.165) is 61.2 Å². The van der Waals surface area contributed by atoms with Crippen molar-refractivity contribution >= 4 is 49.8 Å². The number of hydrogen-bond acceptors (Lipinski definition) is 5. The van der Waals surface area contributed by atoms with Gasteiger partial charge in [0.1, 0.15) is 11.4 Å². The number of fused-ring (bicyclic) bond motifs is 5. The van der Waals surface area contributed by atoms with Crippen LogP contribution in [0, 0.1) is 18.8 Å². The van der Waals surface area contributed by atoms with Crippen LogP contribution in [0.5, 0.6) is 11.5 Å². The van der Waals surface area contributed by atoms with Crippen LogP contribution < -0.4 is 14.5 Å². The van der Waals surface area contributed by atoms with Crippen molar-refractivity contribution in [1.29, 1.82) is 0 Å². The average Bonchev–Trinajstić information content (AvgIpc) is 3.78. The molecular formula is C39H25N4O2Pt-3. The van der Waals surface area contributed by atoms with Crippen LogP contribution in [0.1, 0.15) is 0 Å². The van der Waals surface area contributed by atoms with Gasteiger partial charge in [0, 0.05) is 67.1 Å². The smallest absolute Gasteiger partial charge is 0.139 e. The molecule has 7 heteroatoms. The monoisotopic (exact) mass is 776 g/mol. The molecule has 0 saturated carbocycles. The van der Waals surface area contributed by atoms with Crippen LogP contribution in [0.2, 0.25) is 0 Å². The molecule has 3 aromatic heterocycles. The van der Waals surface area contributed by atoms with Gasteiger partial charge in [-0.05, 0) is 47.8 Å². The summed E-state index contributed by atoms with van der Waals surface area (Å²) in [6.07, 6.45) is 3.53. The summed E-state index contributed by atoms with van der Waals surface area (Å²) in [5.41, 5.74) is 8.11. The van der Waals surface area contributed by atoms with Gasteiger partial charge in [-0.25, -0.2) is 4.98 Å². The second-order valence-electron chi connectivity index (χ2n) is 11.1. The Morgan fingerprint density at radius 1 is 0.739 bits per heavy atom. The summed E-state index contributed by atoms with van der Waals surface area (Å²) in [4.78, 5) is 9.04. The topological polar surface area (TPSA) is 46.7 Å². The number of hydrogen-bond donors (Lipinski definition) is 0. The van der Waals surface area contributed by atoms with Gasteiger partial charge in [0.2, 0.25) is 0 Å². The van der Waals surface area contributed by atoms with Gasteiger partial charge >= 0.3 is 0 Å². The van der Waals surface area contributed by atoms with Crippen molar-refractivity contribution in [2.45, 2.75) is 0 Å². The molecule has 0 aliphatic carbocycles. The molecule has 226 valence electrons. The Hall–Kier alpha value is -5.32. The second kappa shape index (κ2) is 11.2. The first-order chi connectivity index (χ1) is 22.2. The zero-order chi connectivity index (χ0) is 29.9. The Morgan fingerprint density at radius 3 is 2.46 bits per heavy atom. The molecule has 5 aromatic carbocycles. The maximum absolute atomic E-state index is 6.42. The van der Waals surface area contributed by atoms with E-state index in [2.05, 4.69) is 93.8 Å². The minimum absolute atomic E-state index is 0. The van der Waals surface area contributed by atoms with E-state index in [1.165, 1.54) is 5.56 Å². The number of nitrogens with zero attached hydrogens (tertiary/aromatic N) is 4. The third-order valence-corrected chi connectivity index (χ3v) is 8.35. The number of benzene rings is 5. The summed E-state index contributed by atoms with van der Waals surface area (Å²) in [6.45, 7) is 2.06. The van der Waals surface area contributed by atoms with E-state index in [1.807, 2.05) is 67.8 Å². The molecule has 1 aliphatic rings. The molecule has 0 saturated heterocycles. The number of ether oxygens (including phenoxy) is 1. The first kappa shape index (κ1) is 28.2. The molecule has 0 unspecified atom stereocenters. The van der Waals surface area contributed by atoms with Gasteiger partial charge in [-0.1, -0.05) is 60.1 Å². The van der Waals surface area contributed by atoms with E-state index in [9.17, 15) is 0 Å². The van der Waals surface area contributed by atoms with E-state index in [-0.39, 0.29) is 21.1 Å². The summed E-state index contributed by atoms with van der Waals surface area (Å²) in [5.74, 6) is 1.94. The molecule has 9 rings (SSSR count). The van der Waals surface area contributed by atoms with Gasteiger partial charge in [0.05, 0.1) is 6.26 Å². The van der Waals surface area contributed by atoms with E-state index in [1.54, 1.807) is 6.26 Å². The van der Waals surface area contributed by atoms with Crippen LogP contribution in [0.4, 0.5) is 17.1 Å². The largest absolute Gasteiger partial charge is 0.509 e. The van der Waals surface area contributed by atoms with Gasteiger partial charge in [-0.2, -0.15) is 18.8 Å². The Bertz CT molecular complexity index is 2380. The summed E-state index contributed by atoms with van der Waals surface area (Å²) in [5, 5.41) is 3.12. The Kier molecular flexibility index (Phi) is 6.88. The number of aromatic nitrogens is 2. The zero-order valence-electron chi connectivity index (χ0n) is 24.6. The van der Waals surface area contributed by atoms with Crippen molar-refractivity contribution in [2.75, 3.05) is 16.8 Å². The molecule has 0 bridgehead atoms. The number of pyridine rings is 1. The Balaban J connectivity index is 0.00000312. The minimum atomic E-state index is 0. The minimum Gasteiger partial charge on any atom is -0.509 e. The molecular weight excluding hydrogens is 752 g/mol. The van der Waals surface area contributed by atoms with E-state index in [0.29, 0.717) is 11.5 Å². The quantitative estimate of drug-likeness (QED) is 0.163. The maximum atomic E-state index is 6.42. The first-order valence-corrected chi connectivity index (χ1v) is 14.8.